The van der Waals surface area contributed by atoms with Gasteiger partial charge < -0.3 is 15.0 Å². The van der Waals surface area contributed by atoms with Crippen LogP contribution in [0.4, 0.5) is 11.5 Å². The smallest absolute Gasteiger partial charge is 0.350 e. The predicted octanol–water partition coefficient (Wildman–Crippen LogP) is 2.57. The average Bonchev–Trinajstić information content (AvgIpc) is 2.91. The summed E-state index contributed by atoms with van der Waals surface area (Å²) < 4.78 is 7.82. The maximum absolute atomic E-state index is 12.8. The van der Waals surface area contributed by atoms with Crippen molar-refractivity contribution in [2.75, 3.05) is 30.4 Å². The number of amides is 1. The number of nitrogens with one attached hydrogen (secondary N) is 1. The number of rotatable bonds is 5. The largest absolute Gasteiger partial charge is 0.495 e. The van der Waals surface area contributed by atoms with Crippen molar-refractivity contribution in [2.24, 2.45) is 0 Å². The summed E-state index contributed by atoms with van der Waals surface area (Å²) in [6, 6.07) is 4.92. The molecule has 1 fully saturated rings. The van der Waals surface area contributed by atoms with E-state index < -0.39 is 11.6 Å². The summed E-state index contributed by atoms with van der Waals surface area (Å²) in [5.74, 6) is 0.736. The maximum atomic E-state index is 12.8. The molecule has 2 aromatic heterocycles. The van der Waals surface area contributed by atoms with Crippen LogP contribution >= 0.6 is 11.6 Å². The lowest BCUT2D eigenvalue weighted by atomic mass is 10.2. The summed E-state index contributed by atoms with van der Waals surface area (Å²) in [6.45, 7) is 1.52. The van der Waals surface area contributed by atoms with Crippen LogP contribution in [-0.4, -0.2) is 45.3 Å². The molecule has 3 aromatic rings. The molecule has 1 aliphatic heterocycles. The van der Waals surface area contributed by atoms with Crippen molar-refractivity contribution in [3.63, 3.8) is 0 Å². The molecule has 0 radical (unpaired) electrons. The van der Waals surface area contributed by atoms with E-state index >= 15 is 0 Å². The Labute approximate surface area is 178 Å². The molecule has 1 amide bonds. The van der Waals surface area contributed by atoms with E-state index in [9.17, 15) is 9.59 Å². The number of anilines is 2. The molecule has 0 bridgehead atoms. The van der Waals surface area contributed by atoms with Gasteiger partial charge in [-0.05, 0) is 31.0 Å². The molecule has 1 aliphatic rings. The van der Waals surface area contributed by atoms with Gasteiger partial charge >= 0.3 is 5.69 Å². The minimum absolute atomic E-state index is 0.240. The summed E-state index contributed by atoms with van der Waals surface area (Å²) in [5, 5.41) is 7.59. The van der Waals surface area contributed by atoms with Crippen LogP contribution in [0.2, 0.25) is 5.02 Å². The van der Waals surface area contributed by atoms with Gasteiger partial charge in [0.25, 0.3) is 0 Å². The second-order valence-corrected chi connectivity index (χ2v) is 7.62. The van der Waals surface area contributed by atoms with E-state index in [1.165, 1.54) is 24.4 Å². The van der Waals surface area contributed by atoms with Gasteiger partial charge in [-0.15, -0.1) is 5.10 Å². The Morgan fingerprint density at radius 1 is 1.23 bits per heavy atom. The average molecular weight is 431 g/mol. The first kappa shape index (κ1) is 20.2. The lowest BCUT2D eigenvalue weighted by Crippen LogP contribution is -2.28. The number of fused-ring (bicyclic) bond motifs is 1. The molecule has 10 heteroatoms. The van der Waals surface area contributed by atoms with Gasteiger partial charge in [0.1, 0.15) is 12.3 Å². The van der Waals surface area contributed by atoms with Crippen LogP contribution in [0.1, 0.15) is 25.7 Å². The third kappa shape index (κ3) is 4.11. The van der Waals surface area contributed by atoms with Crippen molar-refractivity contribution in [2.45, 2.75) is 32.2 Å². The number of benzene rings is 1. The molecule has 158 valence electrons. The third-order valence-corrected chi connectivity index (χ3v) is 5.35. The summed E-state index contributed by atoms with van der Waals surface area (Å²) >= 11 is 6.01. The predicted molar refractivity (Wildman–Crippen MR) is 115 cm³/mol. The molecular formula is C20H23ClN6O3. The highest BCUT2D eigenvalue weighted by molar-refractivity contribution is 6.31. The topological polar surface area (TPSA) is 93.8 Å². The highest BCUT2D eigenvalue weighted by Crippen LogP contribution is 2.27. The molecule has 0 spiro atoms. The minimum atomic E-state index is -0.412. The number of carbonyl (C=O) groups excluding carboxylic acids is 1. The molecule has 1 aromatic carbocycles. The van der Waals surface area contributed by atoms with Gasteiger partial charge in [-0.3, -0.25) is 4.79 Å². The van der Waals surface area contributed by atoms with Crippen LogP contribution < -0.4 is 20.6 Å². The van der Waals surface area contributed by atoms with Crippen LogP contribution in [0.5, 0.6) is 5.75 Å². The maximum Gasteiger partial charge on any atom is 0.350 e. The van der Waals surface area contributed by atoms with E-state index in [1.54, 1.807) is 30.6 Å². The van der Waals surface area contributed by atoms with Gasteiger partial charge in [0, 0.05) is 30.5 Å². The van der Waals surface area contributed by atoms with Crippen molar-refractivity contribution in [3.05, 3.63) is 46.1 Å². The lowest BCUT2D eigenvalue weighted by molar-refractivity contribution is -0.117. The van der Waals surface area contributed by atoms with Crippen molar-refractivity contribution in [3.8, 4) is 5.75 Å². The molecule has 3 heterocycles. The number of methoxy groups -OCH3 is 1. The number of ether oxygens (including phenoxy) is 1. The fraction of sp³-hybridized carbons (Fsp3) is 0.400. The van der Waals surface area contributed by atoms with E-state index in [0.717, 1.165) is 30.6 Å². The number of halogens is 1. The van der Waals surface area contributed by atoms with Crippen LogP contribution in [0.3, 0.4) is 0 Å². The number of carbonyl (C=O) groups is 1. The molecule has 0 aliphatic carbocycles. The SMILES string of the molecule is COc1ccc(Cl)cc1NC(=O)Cn1nc2c(N3CCCCCC3)nccn2c1=O. The lowest BCUT2D eigenvalue weighted by Gasteiger charge is -2.20. The van der Waals surface area contributed by atoms with Gasteiger partial charge in [0.15, 0.2) is 5.82 Å². The molecule has 0 saturated carbocycles. The number of aromatic nitrogens is 4. The van der Waals surface area contributed by atoms with E-state index in [4.69, 9.17) is 16.3 Å². The van der Waals surface area contributed by atoms with Crippen molar-refractivity contribution < 1.29 is 9.53 Å². The summed E-state index contributed by atoms with van der Waals surface area (Å²) in [7, 11) is 1.50. The van der Waals surface area contributed by atoms with Crippen LogP contribution in [0, 0.1) is 0 Å². The highest BCUT2D eigenvalue weighted by atomic mass is 35.5. The molecule has 0 atom stereocenters. The molecule has 4 rings (SSSR count). The zero-order chi connectivity index (χ0) is 21.1. The quantitative estimate of drug-likeness (QED) is 0.668. The first-order chi connectivity index (χ1) is 14.6. The van der Waals surface area contributed by atoms with Gasteiger partial charge in [-0.2, -0.15) is 0 Å². The van der Waals surface area contributed by atoms with E-state index in [1.807, 2.05) is 0 Å². The molecule has 1 N–H and O–H groups in total. The monoisotopic (exact) mass is 430 g/mol. The van der Waals surface area contributed by atoms with E-state index in [0.29, 0.717) is 27.9 Å². The van der Waals surface area contributed by atoms with Crippen LogP contribution in [0.15, 0.2) is 35.4 Å². The number of hydrogen-bond donors (Lipinski definition) is 1. The normalized spacial score (nSPS) is 14.5. The zero-order valence-corrected chi connectivity index (χ0v) is 17.4. The van der Waals surface area contributed by atoms with Crippen LogP contribution in [-0.2, 0) is 11.3 Å². The highest BCUT2D eigenvalue weighted by Gasteiger charge is 2.19. The Hall–Kier alpha value is -3.07. The van der Waals surface area contributed by atoms with Gasteiger partial charge in [-0.1, -0.05) is 24.4 Å². The fourth-order valence-corrected chi connectivity index (χ4v) is 3.82. The first-order valence-electron chi connectivity index (χ1n) is 9.89. The Balaban J connectivity index is 1.60. The molecule has 9 nitrogen and oxygen atoms in total. The second-order valence-electron chi connectivity index (χ2n) is 7.18. The molecular weight excluding hydrogens is 408 g/mol. The van der Waals surface area contributed by atoms with Crippen molar-refractivity contribution in [1.82, 2.24) is 19.2 Å². The minimum Gasteiger partial charge on any atom is -0.495 e. The van der Waals surface area contributed by atoms with Crippen molar-refractivity contribution >= 4 is 34.7 Å². The zero-order valence-electron chi connectivity index (χ0n) is 16.7. The summed E-state index contributed by atoms with van der Waals surface area (Å²) in [4.78, 5) is 32.0. The number of nitrogens with zero attached hydrogens (tertiary/aromatic N) is 5. The first-order valence-corrected chi connectivity index (χ1v) is 10.3. The number of hydrogen-bond acceptors (Lipinski definition) is 6. The second kappa shape index (κ2) is 8.74. The Morgan fingerprint density at radius 3 is 2.73 bits per heavy atom. The standard InChI is InChI=1S/C20H23ClN6O3/c1-30-16-7-6-14(21)12-15(16)23-17(28)13-27-20(29)26-11-8-22-18(19(26)24-27)25-9-4-2-3-5-10-25/h6-8,11-12H,2-5,9-10,13H2,1H3,(H,23,28). The van der Waals surface area contributed by atoms with Crippen LogP contribution in [0.25, 0.3) is 5.65 Å². The third-order valence-electron chi connectivity index (χ3n) is 5.12. The Morgan fingerprint density at radius 2 is 2.00 bits per heavy atom. The van der Waals surface area contributed by atoms with Crippen molar-refractivity contribution in [1.29, 1.82) is 0 Å². The van der Waals surface area contributed by atoms with Gasteiger partial charge in [0.05, 0.1) is 12.8 Å². The molecule has 0 unspecified atom stereocenters. The van der Waals surface area contributed by atoms with E-state index in [2.05, 4.69) is 20.3 Å². The Bertz CT molecular complexity index is 1120. The van der Waals surface area contributed by atoms with E-state index in [-0.39, 0.29) is 6.54 Å². The fourth-order valence-electron chi connectivity index (χ4n) is 3.65. The van der Waals surface area contributed by atoms with Gasteiger partial charge in [0.2, 0.25) is 11.6 Å². The summed E-state index contributed by atoms with van der Waals surface area (Å²) in [6.07, 6.45) is 7.70. The van der Waals surface area contributed by atoms with Gasteiger partial charge in [-0.25, -0.2) is 18.9 Å². The Kier molecular flexibility index (Phi) is 5.89. The summed E-state index contributed by atoms with van der Waals surface area (Å²) in [5.41, 5.74) is 0.493. The molecule has 30 heavy (non-hydrogen) atoms. The molecule has 1 saturated heterocycles.